The Morgan fingerprint density at radius 3 is 2.36 bits per heavy atom. The van der Waals surface area contributed by atoms with Gasteiger partial charge in [-0.2, -0.15) is 0 Å². The van der Waals surface area contributed by atoms with Gasteiger partial charge in [0.15, 0.2) is 0 Å². The first-order valence-corrected chi connectivity index (χ1v) is 9.62. The lowest BCUT2D eigenvalue weighted by Crippen LogP contribution is -2.19. The van der Waals surface area contributed by atoms with Crippen LogP contribution < -0.4 is 0 Å². The second-order valence-corrected chi connectivity index (χ2v) is 8.36. The minimum absolute atomic E-state index is 0.436. The number of hydrogen-bond acceptors (Lipinski definition) is 1. The lowest BCUT2D eigenvalue weighted by Gasteiger charge is -2.29. The van der Waals surface area contributed by atoms with Gasteiger partial charge in [-0.15, -0.1) is 0 Å². The largest absolute Gasteiger partial charge is 0.256 e. The van der Waals surface area contributed by atoms with Crippen molar-refractivity contribution in [1.82, 2.24) is 4.98 Å². The summed E-state index contributed by atoms with van der Waals surface area (Å²) in [6.07, 6.45) is 9.00. The highest BCUT2D eigenvalue weighted by Crippen LogP contribution is 2.56. The van der Waals surface area contributed by atoms with Crippen LogP contribution in [-0.4, -0.2) is 4.98 Å². The number of rotatable bonds is 2. The number of benzene rings is 2. The smallest absolute Gasteiger partial charge is 0.0780 e. The fourth-order valence-electron chi connectivity index (χ4n) is 5.58. The summed E-state index contributed by atoms with van der Waals surface area (Å²) in [6.45, 7) is 4.34. The third kappa shape index (κ3) is 2.33. The van der Waals surface area contributed by atoms with Gasteiger partial charge in [0.2, 0.25) is 0 Å². The minimum Gasteiger partial charge on any atom is -0.256 e. The average Bonchev–Trinajstić information content (AvgIpc) is 3.22. The predicted molar refractivity (Wildman–Crippen MR) is 105 cm³/mol. The number of fused-ring (bicyclic) bond motifs is 3. The summed E-state index contributed by atoms with van der Waals surface area (Å²) >= 11 is 0. The van der Waals surface area contributed by atoms with E-state index in [4.69, 9.17) is 4.98 Å². The Kier molecular flexibility index (Phi) is 3.28. The lowest BCUT2D eigenvalue weighted by atomic mass is 9.75. The summed E-state index contributed by atoms with van der Waals surface area (Å²) in [7, 11) is 0. The molecule has 0 atom stereocenters. The second-order valence-electron chi connectivity index (χ2n) is 8.36. The molecule has 2 aromatic carbocycles. The molecule has 0 N–H and O–H groups in total. The predicted octanol–water partition coefficient (Wildman–Crippen LogP) is 6.35. The molecule has 0 amide bonds. The van der Waals surface area contributed by atoms with Crippen LogP contribution in [0.2, 0.25) is 0 Å². The first-order chi connectivity index (χ1) is 12.1. The quantitative estimate of drug-likeness (QED) is 0.534. The highest BCUT2D eigenvalue weighted by atomic mass is 14.7. The van der Waals surface area contributed by atoms with E-state index in [1.807, 2.05) is 6.20 Å². The molecule has 1 aromatic heterocycles. The van der Waals surface area contributed by atoms with Gasteiger partial charge in [-0.1, -0.05) is 35.4 Å². The van der Waals surface area contributed by atoms with E-state index < -0.39 is 0 Å². The SMILES string of the molecule is Cc1cc(C)cc(-c2nccc3c(C45CCC(CC4)C5)cccc23)c1. The minimum atomic E-state index is 0.436. The molecule has 2 aliphatic rings. The van der Waals surface area contributed by atoms with Crippen molar-refractivity contribution in [3.05, 3.63) is 65.4 Å². The number of aromatic nitrogens is 1. The van der Waals surface area contributed by atoms with Crippen LogP contribution in [-0.2, 0) is 5.41 Å². The van der Waals surface area contributed by atoms with Crippen LogP contribution in [0.1, 0.15) is 48.8 Å². The van der Waals surface area contributed by atoms with E-state index in [1.165, 1.54) is 59.6 Å². The molecule has 5 rings (SSSR count). The molecule has 0 aliphatic heterocycles. The molecule has 0 spiro atoms. The van der Waals surface area contributed by atoms with Crippen LogP contribution in [0.15, 0.2) is 48.7 Å². The lowest BCUT2D eigenvalue weighted by molar-refractivity contribution is 0.421. The van der Waals surface area contributed by atoms with Gasteiger partial charge in [-0.05, 0) is 86.4 Å². The molecule has 1 heterocycles. The van der Waals surface area contributed by atoms with E-state index in [0.717, 1.165) is 11.6 Å². The van der Waals surface area contributed by atoms with E-state index in [0.29, 0.717) is 5.41 Å². The molecule has 2 aliphatic carbocycles. The zero-order chi connectivity index (χ0) is 17.0. The van der Waals surface area contributed by atoms with Crippen molar-refractivity contribution in [2.24, 2.45) is 5.92 Å². The second kappa shape index (κ2) is 5.42. The Morgan fingerprint density at radius 1 is 0.920 bits per heavy atom. The summed E-state index contributed by atoms with van der Waals surface area (Å²) in [5.74, 6) is 0.969. The number of pyridine rings is 1. The fourth-order valence-corrected chi connectivity index (χ4v) is 5.58. The fraction of sp³-hybridized carbons (Fsp3) is 0.375. The average molecular weight is 327 g/mol. The molecule has 1 nitrogen and oxygen atoms in total. The topological polar surface area (TPSA) is 12.9 Å². The van der Waals surface area contributed by atoms with Gasteiger partial charge >= 0.3 is 0 Å². The van der Waals surface area contributed by atoms with E-state index in [-0.39, 0.29) is 0 Å². The first-order valence-electron chi connectivity index (χ1n) is 9.62. The maximum absolute atomic E-state index is 4.79. The van der Waals surface area contributed by atoms with Gasteiger partial charge in [0.25, 0.3) is 0 Å². The van der Waals surface area contributed by atoms with Crippen LogP contribution in [0, 0.1) is 19.8 Å². The summed E-state index contributed by atoms with van der Waals surface area (Å²) in [5.41, 5.74) is 7.00. The van der Waals surface area contributed by atoms with Crippen molar-refractivity contribution in [2.75, 3.05) is 0 Å². The molecule has 2 bridgehead atoms. The van der Waals surface area contributed by atoms with Crippen molar-refractivity contribution >= 4 is 10.8 Å². The first kappa shape index (κ1) is 15.1. The monoisotopic (exact) mass is 327 g/mol. The molecular formula is C24H25N. The molecule has 0 radical (unpaired) electrons. The van der Waals surface area contributed by atoms with Gasteiger partial charge in [0.05, 0.1) is 5.69 Å². The molecule has 2 fully saturated rings. The normalized spacial score (nSPS) is 25.0. The standard InChI is InChI=1S/C24H25N/c1-16-12-17(2)14-19(13-16)23-21-4-3-5-22(20(21)8-11-25-23)24-9-6-18(15-24)7-10-24/h3-5,8,11-14,18H,6-7,9-10,15H2,1-2H3. The third-order valence-corrected chi connectivity index (χ3v) is 6.61. The zero-order valence-electron chi connectivity index (χ0n) is 15.2. The Bertz CT molecular complexity index is 941. The van der Waals surface area contributed by atoms with Gasteiger partial charge < -0.3 is 0 Å². The summed E-state index contributed by atoms with van der Waals surface area (Å²) in [6, 6.07) is 15.9. The van der Waals surface area contributed by atoms with Crippen LogP contribution in [0.3, 0.4) is 0 Å². The third-order valence-electron chi connectivity index (χ3n) is 6.61. The van der Waals surface area contributed by atoms with Gasteiger partial charge in [0.1, 0.15) is 0 Å². The van der Waals surface area contributed by atoms with Crippen LogP contribution in [0.25, 0.3) is 22.0 Å². The van der Waals surface area contributed by atoms with E-state index in [1.54, 1.807) is 5.56 Å². The van der Waals surface area contributed by atoms with Crippen LogP contribution in [0.5, 0.6) is 0 Å². The Labute approximate surface area is 150 Å². The maximum atomic E-state index is 4.79. The maximum Gasteiger partial charge on any atom is 0.0780 e. The van der Waals surface area contributed by atoms with Crippen molar-refractivity contribution < 1.29 is 0 Å². The van der Waals surface area contributed by atoms with Crippen LogP contribution in [0.4, 0.5) is 0 Å². The Morgan fingerprint density at radius 2 is 1.68 bits per heavy atom. The van der Waals surface area contributed by atoms with Crippen LogP contribution >= 0.6 is 0 Å². The van der Waals surface area contributed by atoms with Crippen molar-refractivity contribution in [3.8, 4) is 11.3 Å². The Hall–Kier alpha value is -2.15. The summed E-state index contributed by atoms with van der Waals surface area (Å²) < 4.78 is 0. The molecule has 0 unspecified atom stereocenters. The number of nitrogens with zero attached hydrogens (tertiary/aromatic N) is 1. The number of aryl methyl sites for hydroxylation is 2. The molecule has 2 saturated carbocycles. The van der Waals surface area contributed by atoms with Crippen molar-refractivity contribution in [1.29, 1.82) is 0 Å². The molecule has 25 heavy (non-hydrogen) atoms. The molecule has 1 heteroatoms. The molecular weight excluding hydrogens is 302 g/mol. The van der Waals surface area contributed by atoms with E-state index in [9.17, 15) is 0 Å². The van der Waals surface area contributed by atoms with E-state index in [2.05, 4.69) is 56.3 Å². The number of hydrogen-bond donors (Lipinski definition) is 0. The zero-order valence-corrected chi connectivity index (χ0v) is 15.2. The molecule has 0 saturated heterocycles. The van der Waals surface area contributed by atoms with E-state index >= 15 is 0 Å². The molecule has 3 aromatic rings. The van der Waals surface area contributed by atoms with Crippen molar-refractivity contribution in [3.63, 3.8) is 0 Å². The summed E-state index contributed by atoms with van der Waals surface area (Å²) in [4.78, 5) is 4.79. The Balaban J connectivity index is 1.74. The van der Waals surface area contributed by atoms with Gasteiger partial charge in [0, 0.05) is 17.1 Å². The molecule has 126 valence electrons. The van der Waals surface area contributed by atoms with Crippen molar-refractivity contribution in [2.45, 2.75) is 51.4 Å². The van der Waals surface area contributed by atoms with Gasteiger partial charge in [-0.3, -0.25) is 4.98 Å². The highest BCUT2D eigenvalue weighted by Gasteiger charge is 2.46. The van der Waals surface area contributed by atoms with Gasteiger partial charge in [-0.25, -0.2) is 0 Å². The summed E-state index contributed by atoms with van der Waals surface area (Å²) in [5, 5.41) is 2.74. The highest BCUT2D eigenvalue weighted by molar-refractivity contribution is 5.97.